The summed E-state index contributed by atoms with van der Waals surface area (Å²) in [5.74, 6) is 0.394. The summed E-state index contributed by atoms with van der Waals surface area (Å²) in [6.07, 6.45) is 7.46. The van der Waals surface area contributed by atoms with Gasteiger partial charge in [-0.15, -0.1) is 10.2 Å². The van der Waals surface area contributed by atoms with Crippen LogP contribution in [0.3, 0.4) is 0 Å². The van der Waals surface area contributed by atoms with Crippen LogP contribution in [0.1, 0.15) is 84.6 Å². The SMILES string of the molecule is Cc1ccc(-c2nnc(NC(=O)CCN(C(=O)CC(C)CC(C)(C)C)C3CCCCC3)s2)cc1. The minimum atomic E-state index is -0.122. The molecule has 3 rings (SSSR count). The van der Waals surface area contributed by atoms with E-state index in [0.717, 1.165) is 42.7 Å². The molecule has 1 heterocycles. The van der Waals surface area contributed by atoms with Gasteiger partial charge in [0.05, 0.1) is 0 Å². The van der Waals surface area contributed by atoms with Crippen molar-refractivity contribution in [1.82, 2.24) is 15.1 Å². The molecular weight excluding hydrogens is 444 g/mol. The van der Waals surface area contributed by atoms with Gasteiger partial charge in [-0.3, -0.25) is 9.59 Å². The van der Waals surface area contributed by atoms with Crippen molar-refractivity contribution in [2.24, 2.45) is 11.3 Å². The van der Waals surface area contributed by atoms with E-state index in [-0.39, 0.29) is 29.7 Å². The molecule has 1 aliphatic rings. The number of aryl methyl sites for hydroxylation is 1. The molecule has 1 aromatic carbocycles. The number of aromatic nitrogens is 2. The number of amides is 2. The van der Waals surface area contributed by atoms with E-state index < -0.39 is 0 Å². The predicted octanol–water partition coefficient (Wildman–Crippen LogP) is 6.47. The van der Waals surface area contributed by atoms with Gasteiger partial charge in [0.15, 0.2) is 0 Å². The quantitative estimate of drug-likeness (QED) is 0.443. The summed E-state index contributed by atoms with van der Waals surface area (Å²) in [7, 11) is 0. The van der Waals surface area contributed by atoms with Crippen molar-refractivity contribution >= 4 is 28.3 Å². The first kappa shape index (κ1) is 26.3. The van der Waals surface area contributed by atoms with E-state index in [1.165, 1.54) is 23.3 Å². The molecule has 1 N–H and O–H groups in total. The van der Waals surface area contributed by atoms with E-state index in [4.69, 9.17) is 0 Å². The molecule has 0 aliphatic heterocycles. The molecule has 0 radical (unpaired) electrons. The maximum atomic E-state index is 13.3. The van der Waals surface area contributed by atoms with E-state index in [0.29, 0.717) is 24.0 Å². The van der Waals surface area contributed by atoms with Gasteiger partial charge >= 0.3 is 0 Å². The Morgan fingerprint density at radius 3 is 2.44 bits per heavy atom. The molecule has 1 saturated carbocycles. The fraction of sp³-hybridized carbons (Fsp3) is 0.630. The fourth-order valence-corrected chi connectivity index (χ4v) is 5.69. The minimum Gasteiger partial charge on any atom is -0.339 e. The molecule has 1 unspecified atom stereocenters. The molecule has 1 aliphatic carbocycles. The highest BCUT2D eigenvalue weighted by Gasteiger charge is 2.28. The second-order valence-corrected chi connectivity index (χ2v) is 12.0. The zero-order valence-electron chi connectivity index (χ0n) is 21.4. The van der Waals surface area contributed by atoms with Gasteiger partial charge in [0.1, 0.15) is 5.01 Å². The summed E-state index contributed by atoms with van der Waals surface area (Å²) in [5, 5.41) is 12.5. The van der Waals surface area contributed by atoms with Crippen LogP contribution in [0, 0.1) is 18.3 Å². The number of hydrogen-bond acceptors (Lipinski definition) is 5. The maximum absolute atomic E-state index is 13.3. The van der Waals surface area contributed by atoms with E-state index in [9.17, 15) is 9.59 Å². The first-order valence-corrected chi connectivity index (χ1v) is 13.4. The number of benzene rings is 1. The highest BCUT2D eigenvalue weighted by atomic mass is 32.1. The lowest BCUT2D eigenvalue weighted by Crippen LogP contribution is -2.43. The Labute approximate surface area is 208 Å². The first-order chi connectivity index (χ1) is 16.1. The molecule has 186 valence electrons. The van der Waals surface area contributed by atoms with Gasteiger partial charge in [-0.05, 0) is 37.5 Å². The third-order valence-corrected chi connectivity index (χ3v) is 7.26. The van der Waals surface area contributed by atoms with Crippen LogP contribution in [0.5, 0.6) is 0 Å². The van der Waals surface area contributed by atoms with Crippen LogP contribution < -0.4 is 5.32 Å². The number of nitrogens with one attached hydrogen (secondary N) is 1. The van der Waals surface area contributed by atoms with Gasteiger partial charge in [-0.2, -0.15) is 0 Å². The first-order valence-electron chi connectivity index (χ1n) is 12.6. The lowest BCUT2D eigenvalue weighted by atomic mass is 9.84. The lowest BCUT2D eigenvalue weighted by Gasteiger charge is -2.35. The molecule has 2 amide bonds. The molecule has 6 nitrogen and oxygen atoms in total. The molecule has 0 saturated heterocycles. The summed E-state index contributed by atoms with van der Waals surface area (Å²) >= 11 is 1.37. The second-order valence-electron chi connectivity index (χ2n) is 11.0. The summed E-state index contributed by atoms with van der Waals surface area (Å²) in [6, 6.07) is 8.35. The van der Waals surface area contributed by atoms with Crippen LogP contribution >= 0.6 is 11.3 Å². The normalized spacial score (nSPS) is 15.7. The van der Waals surface area contributed by atoms with Crippen LogP contribution in [0.2, 0.25) is 0 Å². The number of nitrogens with zero attached hydrogens (tertiary/aromatic N) is 3. The van der Waals surface area contributed by atoms with Gasteiger partial charge in [0, 0.05) is 31.0 Å². The number of hydrogen-bond donors (Lipinski definition) is 1. The topological polar surface area (TPSA) is 75.2 Å². The van der Waals surface area contributed by atoms with E-state index in [1.54, 1.807) is 0 Å². The average Bonchev–Trinajstić information content (AvgIpc) is 3.22. The van der Waals surface area contributed by atoms with Crippen LogP contribution in [0.15, 0.2) is 24.3 Å². The van der Waals surface area contributed by atoms with Crippen LogP contribution in [0.4, 0.5) is 5.13 Å². The van der Waals surface area contributed by atoms with Crippen molar-refractivity contribution in [3.8, 4) is 10.6 Å². The maximum Gasteiger partial charge on any atom is 0.227 e. The summed E-state index contributed by atoms with van der Waals surface area (Å²) in [4.78, 5) is 28.0. The van der Waals surface area contributed by atoms with Crippen molar-refractivity contribution in [2.45, 2.75) is 92.0 Å². The van der Waals surface area contributed by atoms with Gasteiger partial charge in [-0.25, -0.2) is 0 Å². The standard InChI is InChI=1S/C27H40N4O2S/c1-19-11-13-21(14-12-19)25-29-30-26(34-25)28-23(32)15-16-31(22-9-7-6-8-10-22)24(33)17-20(2)18-27(3,4)5/h11-14,20,22H,6-10,15-18H2,1-5H3,(H,28,30,32). The number of anilines is 1. The van der Waals surface area contributed by atoms with E-state index in [1.807, 2.05) is 36.1 Å². The third kappa shape index (κ3) is 8.19. The van der Waals surface area contributed by atoms with Gasteiger partial charge in [0.2, 0.25) is 16.9 Å². The van der Waals surface area contributed by atoms with Gasteiger partial charge in [0.25, 0.3) is 0 Å². The predicted molar refractivity (Wildman–Crippen MR) is 140 cm³/mol. The fourth-order valence-electron chi connectivity index (χ4n) is 4.93. The third-order valence-electron chi connectivity index (χ3n) is 6.37. The Morgan fingerprint density at radius 1 is 1.12 bits per heavy atom. The summed E-state index contributed by atoms with van der Waals surface area (Å²) in [6.45, 7) is 11.3. The Bertz CT molecular complexity index is 942. The van der Waals surface area contributed by atoms with Crippen LogP contribution in [-0.4, -0.2) is 39.5 Å². The van der Waals surface area contributed by atoms with Crippen molar-refractivity contribution in [3.05, 3.63) is 29.8 Å². The smallest absolute Gasteiger partial charge is 0.227 e. The molecule has 0 spiro atoms. The lowest BCUT2D eigenvalue weighted by molar-refractivity contribution is -0.135. The Hall–Kier alpha value is -2.28. The molecule has 7 heteroatoms. The van der Waals surface area contributed by atoms with Crippen molar-refractivity contribution in [3.63, 3.8) is 0 Å². The number of rotatable bonds is 9. The van der Waals surface area contributed by atoms with Crippen molar-refractivity contribution < 1.29 is 9.59 Å². The van der Waals surface area contributed by atoms with Gasteiger partial charge < -0.3 is 10.2 Å². The Balaban J connectivity index is 1.58. The largest absolute Gasteiger partial charge is 0.339 e. The average molecular weight is 485 g/mol. The molecule has 0 bridgehead atoms. The minimum absolute atomic E-state index is 0.122. The highest BCUT2D eigenvalue weighted by Crippen LogP contribution is 2.29. The summed E-state index contributed by atoms with van der Waals surface area (Å²) < 4.78 is 0. The highest BCUT2D eigenvalue weighted by molar-refractivity contribution is 7.18. The zero-order chi connectivity index (χ0) is 24.7. The van der Waals surface area contributed by atoms with Crippen molar-refractivity contribution in [1.29, 1.82) is 0 Å². The van der Waals surface area contributed by atoms with Crippen LogP contribution in [0.25, 0.3) is 10.6 Å². The van der Waals surface area contributed by atoms with E-state index >= 15 is 0 Å². The zero-order valence-corrected chi connectivity index (χ0v) is 22.2. The Kier molecular flexibility index (Phi) is 9.23. The van der Waals surface area contributed by atoms with E-state index in [2.05, 4.69) is 43.2 Å². The summed E-state index contributed by atoms with van der Waals surface area (Å²) in [5.41, 5.74) is 2.38. The molecule has 2 aromatic rings. The van der Waals surface area contributed by atoms with Gasteiger partial charge in [-0.1, -0.05) is 88.1 Å². The number of carbonyl (C=O) groups is 2. The number of carbonyl (C=O) groups excluding carboxylic acids is 2. The molecular formula is C27H40N4O2S. The van der Waals surface area contributed by atoms with Crippen molar-refractivity contribution in [2.75, 3.05) is 11.9 Å². The molecule has 1 aromatic heterocycles. The molecule has 1 atom stereocenters. The van der Waals surface area contributed by atoms with Crippen LogP contribution in [-0.2, 0) is 9.59 Å². The Morgan fingerprint density at radius 2 is 1.79 bits per heavy atom. The molecule has 1 fully saturated rings. The second kappa shape index (κ2) is 11.9. The molecule has 34 heavy (non-hydrogen) atoms. The monoisotopic (exact) mass is 484 g/mol.